The number of hydrogen-bond donors (Lipinski definition) is 2. The summed E-state index contributed by atoms with van der Waals surface area (Å²) in [5, 5.41) is 5.93. The zero-order valence-corrected chi connectivity index (χ0v) is 17.5. The molecule has 0 saturated carbocycles. The van der Waals surface area contributed by atoms with Gasteiger partial charge >= 0.3 is 6.18 Å². The fourth-order valence-corrected chi connectivity index (χ4v) is 2.95. The Bertz CT molecular complexity index is 1040. The van der Waals surface area contributed by atoms with E-state index in [1.807, 2.05) is 12.1 Å². The number of halogens is 5. The van der Waals surface area contributed by atoms with Crippen LogP contribution in [-0.2, 0) is 17.4 Å². The highest BCUT2D eigenvalue weighted by Crippen LogP contribution is 2.32. The Morgan fingerprint density at radius 1 is 1.06 bits per heavy atom. The number of pyridine rings is 1. The molecule has 0 aliphatic heterocycles. The van der Waals surface area contributed by atoms with Crippen molar-refractivity contribution in [1.29, 1.82) is 0 Å². The number of nitrogens with one attached hydrogen (secondary N) is 2. The number of carbonyl (C=O) groups is 1. The summed E-state index contributed by atoms with van der Waals surface area (Å²) in [6.07, 6.45) is -1.75. The average Bonchev–Trinajstić information content (AvgIpc) is 3.19. The van der Waals surface area contributed by atoms with Crippen LogP contribution in [0.25, 0.3) is 11.3 Å². The zero-order chi connectivity index (χ0) is 22.4. The molecule has 3 aromatic rings. The van der Waals surface area contributed by atoms with Gasteiger partial charge in [0.05, 0.1) is 16.8 Å². The highest BCUT2D eigenvalue weighted by Gasteiger charge is 2.31. The molecule has 0 radical (unpaired) electrons. The van der Waals surface area contributed by atoms with Gasteiger partial charge in [-0.1, -0.05) is 23.2 Å². The molecule has 0 unspecified atom stereocenters. The Labute approximate surface area is 185 Å². The minimum atomic E-state index is -4.51. The molecule has 0 atom stereocenters. The SMILES string of the molecule is O=C(CCc1ncc(-c2ccc(Cl)cc2)o1)NCCNc1ncc(C(F)(F)F)cc1Cl. The number of rotatable bonds is 8. The van der Waals surface area contributed by atoms with Crippen LogP contribution in [0.3, 0.4) is 0 Å². The van der Waals surface area contributed by atoms with E-state index in [0.717, 1.165) is 11.6 Å². The van der Waals surface area contributed by atoms with Crippen molar-refractivity contribution in [3.63, 3.8) is 0 Å². The molecule has 0 spiro atoms. The summed E-state index contributed by atoms with van der Waals surface area (Å²) in [7, 11) is 0. The van der Waals surface area contributed by atoms with Gasteiger partial charge in [-0.2, -0.15) is 13.2 Å². The van der Waals surface area contributed by atoms with Crippen LogP contribution in [0.15, 0.2) is 47.1 Å². The topological polar surface area (TPSA) is 80.0 Å². The highest BCUT2D eigenvalue weighted by atomic mass is 35.5. The highest BCUT2D eigenvalue weighted by molar-refractivity contribution is 6.33. The third-order valence-corrected chi connectivity index (χ3v) is 4.70. The van der Waals surface area contributed by atoms with E-state index in [0.29, 0.717) is 29.3 Å². The number of hydrogen-bond acceptors (Lipinski definition) is 5. The van der Waals surface area contributed by atoms with Crippen LogP contribution in [0.1, 0.15) is 17.9 Å². The Balaban J connectivity index is 1.40. The van der Waals surface area contributed by atoms with E-state index < -0.39 is 11.7 Å². The lowest BCUT2D eigenvalue weighted by molar-refractivity contribution is -0.137. The van der Waals surface area contributed by atoms with Gasteiger partial charge in [0.1, 0.15) is 5.82 Å². The third-order valence-electron chi connectivity index (χ3n) is 4.16. The fourth-order valence-electron chi connectivity index (χ4n) is 2.59. The van der Waals surface area contributed by atoms with Crippen molar-refractivity contribution in [3.05, 3.63) is 64.2 Å². The van der Waals surface area contributed by atoms with Crippen molar-refractivity contribution in [2.75, 3.05) is 18.4 Å². The van der Waals surface area contributed by atoms with Crippen LogP contribution in [0, 0.1) is 0 Å². The van der Waals surface area contributed by atoms with Crippen molar-refractivity contribution < 1.29 is 22.4 Å². The lowest BCUT2D eigenvalue weighted by atomic mass is 10.2. The molecule has 0 aliphatic rings. The molecule has 2 aromatic heterocycles. The van der Waals surface area contributed by atoms with Crippen molar-refractivity contribution in [2.45, 2.75) is 19.0 Å². The van der Waals surface area contributed by atoms with Gasteiger partial charge in [-0.15, -0.1) is 0 Å². The van der Waals surface area contributed by atoms with Crippen molar-refractivity contribution in [2.24, 2.45) is 0 Å². The predicted molar refractivity (Wildman–Crippen MR) is 111 cm³/mol. The Hall–Kier alpha value is -2.78. The van der Waals surface area contributed by atoms with E-state index in [9.17, 15) is 18.0 Å². The summed E-state index contributed by atoms with van der Waals surface area (Å²) >= 11 is 11.7. The maximum absolute atomic E-state index is 12.6. The standard InChI is InChI=1S/C20H17Cl2F3N4O2/c21-14-3-1-12(2-4-14)16-11-28-18(31-16)6-5-17(30)26-7-8-27-19-15(22)9-13(10-29-19)20(23,24)25/h1-4,9-11H,5-8H2,(H,26,30)(H,27,29). The first-order valence-corrected chi connectivity index (χ1v) is 9.92. The summed E-state index contributed by atoms with van der Waals surface area (Å²) in [6.45, 7) is 0.475. The normalized spacial score (nSPS) is 11.4. The van der Waals surface area contributed by atoms with Gasteiger partial charge in [-0.25, -0.2) is 9.97 Å². The molecule has 0 aliphatic carbocycles. The Kier molecular flexibility index (Phi) is 7.40. The second-order valence-corrected chi connectivity index (χ2v) is 7.30. The first-order valence-electron chi connectivity index (χ1n) is 9.16. The molecule has 1 amide bonds. The van der Waals surface area contributed by atoms with E-state index in [4.69, 9.17) is 27.6 Å². The zero-order valence-electron chi connectivity index (χ0n) is 16.0. The van der Waals surface area contributed by atoms with Crippen LogP contribution in [0.5, 0.6) is 0 Å². The van der Waals surface area contributed by atoms with Gasteiger partial charge in [-0.3, -0.25) is 4.79 Å². The van der Waals surface area contributed by atoms with Crippen molar-refractivity contribution in [3.8, 4) is 11.3 Å². The van der Waals surface area contributed by atoms with Gasteiger partial charge in [0.25, 0.3) is 0 Å². The average molecular weight is 473 g/mol. The van der Waals surface area contributed by atoms with E-state index in [1.165, 1.54) is 0 Å². The van der Waals surface area contributed by atoms with Gasteiger partial charge < -0.3 is 15.1 Å². The number of alkyl halides is 3. The lowest BCUT2D eigenvalue weighted by Crippen LogP contribution is -2.29. The van der Waals surface area contributed by atoms with Gasteiger partial charge in [0.2, 0.25) is 5.91 Å². The molecule has 31 heavy (non-hydrogen) atoms. The van der Waals surface area contributed by atoms with E-state index >= 15 is 0 Å². The smallest absolute Gasteiger partial charge is 0.417 e. The molecule has 0 bridgehead atoms. The number of oxazole rings is 1. The minimum Gasteiger partial charge on any atom is -0.441 e. The quantitative estimate of drug-likeness (QED) is 0.439. The molecule has 1 aromatic carbocycles. The van der Waals surface area contributed by atoms with Crippen LogP contribution >= 0.6 is 23.2 Å². The lowest BCUT2D eigenvalue weighted by Gasteiger charge is -2.11. The van der Waals surface area contributed by atoms with Crippen LogP contribution in [-0.4, -0.2) is 29.0 Å². The summed E-state index contributed by atoms with van der Waals surface area (Å²) in [4.78, 5) is 19.8. The van der Waals surface area contributed by atoms with Gasteiger partial charge in [0, 0.05) is 42.7 Å². The number of aromatic nitrogens is 2. The molecule has 3 rings (SSSR count). The Morgan fingerprint density at radius 3 is 2.48 bits per heavy atom. The molecule has 6 nitrogen and oxygen atoms in total. The molecule has 2 N–H and O–H groups in total. The summed E-state index contributed by atoms with van der Waals surface area (Å²) in [6, 6.07) is 7.90. The first-order chi connectivity index (χ1) is 14.7. The van der Waals surface area contributed by atoms with E-state index in [1.54, 1.807) is 18.3 Å². The fraction of sp³-hybridized carbons (Fsp3) is 0.250. The molecule has 164 valence electrons. The van der Waals surface area contributed by atoms with Crippen molar-refractivity contribution in [1.82, 2.24) is 15.3 Å². The summed E-state index contributed by atoms with van der Waals surface area (Å²) in [5.74, 6) is 0.897. The molecule has 11 heteroatoms. The predicted octanol–water partition coefficient (Wildman–Crippen LogP) is 5.22. The van der Waals surface area contributed by atoms with Crippen LogP contribution in [0.4, 0.5) is 19.0 Å². The maximum atomic E-state index is 12.6. The second kappa shape index (κ2) is 10.0. The van der Waals surface area contributed by atoms with Crippen molar-refractivity contribution >= 4 is 34.9 Å². The third kappa shape index (κ3) is 6.60. The number of nitrogens with zero attached hydrogens (tertiary/aromatic N) is 2. The second-order valence-electron chi connectivity index (χ2n) is 6.45. The largest absolute Gasteiger partial charge is 0.441 e. The van der Waals surface area contributed by atoms with Crippen LogP contribution < -0.4 is 10.6 Å². The number of amides is 1. The summed E-state index contributed by atoms with van der Waals surface area (Å²) in [5.41, 5.74) is -0.101. The Morgan fingerprint density at radius 2 is 1.81 bits per heavy atom. The molecule has 0 fully saturated rings. The summed E-state index contributed by atoms with van der Waals surface area (Å²) < 4.78 is 43.5. The molecule has 2 heterocycles. The maximum Gasteiger partial charge on any atom is 0.417 e. The monoisotopic (exact) mass is 472 g/mol. The number of aryl methyl sites for hydroxylation is 1. The molecular formula is C20H17Cl2F3N4O2. The van der Waals surface area contributed by atoms with E-state index in [-0.39, 0.29) is 36.3 Å². The number of anilines is 1. The van der Waals surface area contributed by atoms with Gasteiger partial charge in [-0.05, 0) is 30.3 Å². The minimum absolute atomic E-state index is 0.110. The number of carbonyl (C=O) groups excluding carboxylic acids is 1. The molecule has 0 saturated heterocycles. The van der Waals surface area contributed by atoms with Gasteiger partial charge in [0.15, 0.2) is 11.7 Å². The van der Waals surface area contributed by atoms with E-state index in [2.05, 4.69) is 20.6 Å². The first kappa shape index (κ1) is 22.9. The number of benzene rings is 1. The van der Waals surface area contributed by atoms with Crippen LogP contribution in [0.2, 0.25) is 10.0 Å². The molecular weight excluding hydrogens is 456 g/mol.